The van der Waals surface area contributed by atoms with Gasteiger partial charge in [-0.25, -0.2) is 0 Å². The van der Waals surface area contributed by atoms with Crippen LogP contribution < -0.4 is 9.47 Å². The number of hydrogen-bond acceptors (Lipinski definition) is 5. The van der Waals surface area contributed by atoms with Crippen LogP contribution in [0.4, 0.5) is 0 Å². The van der Waals surface area contributed by atoms with Gasteiger partial charge in [0.1, 0.15) is 23.8 Å². The highest BCUT2D eigenvalue weighted by atomic mass is 16.5. The Bertz CT molecular complexity index is 876. The lowest BCUT2D eigenvalue weighted by Crippen LogP contribution is -1.94. The van der Waals surface area contributed by atoms with Crippen molar-refractivity contribution in [3.8, 4) is 28.5 Å². The minimum Gasteiger partial charge on any atom is -0.497 e. The van der Waals surface area contributed by atoms with E-state index in [4.69, 9.17) is 9.47 Å². The van der Waals surface area contributed by atoms with Crippen LogP contribution in [0.2, 0.25) is 0 Å². The van der Waals surface area contributed by atoms with Crippen molar-refractivity contribution in [3.05, 3.63) is 76.8 Å². The van der Waals surface area contributed by atoms with Gasteiger partial charge in [0.15, 0.2) is 0 Å². The first-order valence-electron chi connectivity index (χ1n) is 10.3. The quantitative estimate of drug-likeness (QED) is 0.395. The Morgan fingerprint density at radius 2 is 1.40 bits per heavy atom. The Morgan fingerprint density at radius 1 is 0.867 bits per heavy atom. The average Bonchev–Trinajstić information content (AvgIpc) is 2.78. The third-order valence-corrected chi connectivity index (χ3v) is 3.72. The zero-order valence-corrected chi connectivity index (χ0v) is 18.8. The second-order valence-electron chi connectivity index (χ2n) is 6.32. The van der Waals surface area contributed by atoms with Crippen molar-refractivity contribution >= 4 is 0 Å². The van der Waals surface area contributed by atoms with Gasteiger partial charge in [-0.2, -0.15) is 4.91 Å². The monoisotopic (exact) mass is 408 g/mol. The van der Waals surface area contributed by atoms with Crippen LogP contribution >= 0.6 is 0 Å². The SMILES string of the molecule is CC.CCC.COc1cc(CN=O)nc(-c2ccc(Oc3ccc(C)cc3)cc2)c1. The highest BCUT2D eigenvalue weighted by molar-refractivity contribution is 5.62. The van der Waals surface area contributed by atoms with E-state index in [9.17, 15) is 4.91 Å². The minimum absolute atomic E-state index is 0.0127. The molecule has 0 unspecified atom stereocenters. The molecule has 0 fully saturated rings. The molecular formula is C25H32N2O3. The van der Waals surface area contributed by atoms with E-state index < -0.39 is 0 Å². The number of aromatic nitrogens is 1. The number of methoxy groups -OCH3 is 1. The fourth-order valence-corrected chi connectivity index (χ4v) is 2.41. The average molecular weight is 409 g/mol. The van der Waals surface area contributed by atoms with E-state index in [1.165, 1.54) is 12.0 Å². The van der Waals surface area contributed by atoms with E-state index in [1.54, 1.807) is 13.2 Å². The van der Waals surface area contributed by atoms with Crippen LogP contribution in [-0.2, 0) is 6.54 Å². The summed E-state index contributed by atoms with van der Waals surface area (Å²) in [5.41, 5.74) is 3.39. The van der Waals surface area contributed by atoms with Crippen molar-refractivity contribution in [2.24, 2.45) is 5.18 Å². The van der Waals surface area contributed by atoms with Crippen LogP contribution in [0, 0.1) is 11.8 Å². The van der Waals surface area contributed by atoms with Gasteiger partial charge >= 0.3 is 0 Å². The molecule has 0 amide bonds. The number of ether oxygens (including phenoxy) is 2. The third kappa shape index (κ3) is 8.03. The fourth-order valence-electron chi connectivity index (χ4n) is 2.41. The first kappa shape index (κ1) is 24.8. The summed E-state index contributed by atoms with van der Waals surface area (Å²) in [6, 6.07) is 19.0. The summed E-state index contributed by atoms with van der Waals surface area (Å²) in [4.78, 5) is 15.0. The molecule has 5 heteroatoms. The maximum absolute atomic E-state index is 10.5. The molecule has 1 aromatic heterocycles. The second-order valence-corrected chi connectivity index (χ2v) is 6.32. The molecule has 0 atom stereocenters. The Morgan fingerprint density at radius 3 is 1.90 bits per heavy atom. The molecule has 0 saturated carbocycles. The zero-order valence-electron chi connectivity index (χ0n) is 18.8. The smallest absolute Gasteiger partial charge is 0.127 e. The van der Waals surface area contributed by atoms with Gasteiger partial charge in [0, 0.05) is 17.7 Å². The molecule has 0 radical (unpaired) electrons. The zero-order chi connectivity index (χ0) is 22.4. The summed E-state index contributed by atoms with van der Waals surface area (Å²) in [6.07, 6.45) is 1.25. The van der Waals surface area contributed by atoms with Gasteiger partial charge in [-0.15, -0.1) is 0 Å². The van der Waals surface area contributed by atoms with E-state index in [0.717, 1.165) is 22.8 Å². The lowest BCUT2D eigenvalue weighted by Gasteiger charge is -2.09. The summed E-state index contributed by atoms with van der Waals surface area (Å²) in [7, 11) is 1.58. The van der Waals surface area contributed by atoms with E-state index in [1.807, 2.05) is 75.4 Å². The molecule has 1 heterocycles. The van der Waals surface area contributed by atoms with Gasteiger partial charge in [-0.1, -0.05) is 57.0 Å². The van der Waals surface area contributed by atoms with Crippen molar-refractivity contribution in [2.75, 3.05) is 7.11 Å². The molecule has 3 rings (SSSR count). The largest absolute Gasteiger partial charge is 0.497 e. The molecule has 5 nitrogen and oxygen atoms in total. The maximum atomic E-state index is 10.5. The summed E-state index contributed by atoms with van der Waals surface area (Å²) in [5.74, 6) is 2.17. The summed E-state index contributed by atoms with van der Waals surface area (Å²) >= 11 is 0. The van der Waals surface area contributed by atoms with Crippen LogP contribution in [-0.4, -0.2) is 12.1 Å². The van der Waals surface area contributed by atoms with E-state index in [-0.39, 0.29) is 6.54 Å². The molecule has 0 aliphatic rings. The number of nitroso groups, excluding NO2 is 1. The van der Waals surface area contributed by atoms with E-state index in [2.05, 4.69) is 24.0 Å². The first-order valence-corrected chi connectivity index (χ1v) is 10.3. The first-order chi connectivity index (χ1) is 14.6. The van der Waals surface area contributed by atoms with Crippen LogP contribution in [0.25, 0.3) is 11.3 Å². The summed E-state index contributed by atoms with van der Waals surface area (Å²) in [5, 5.41) is 2.90. The molecule has 0 aliphatic heterocycles. The summed E-state index contributed by atoms with van der Waals surface area (Å²) < 4.78 is 11.1. The maximum Gasteiger partial charge on any atom is 0.127 e. The lowest BCUT2D eigenvalue weighted by molar-refractivity contribution is 0.414. The lowest BCUT2D eigenvalue weighted by atomic mass is 10.1. The van der Waals surface area contributed by atoms with Crippen molar-refractivity contribution in [1.82, 2.24) is 4.98 Å². The van der Waals surface area contributed by atoms with Crippen molar-refractivity contribution < 1.29 is 9.47 Å². The van der Waals surface area contributed by atoms with E-state index in [0.29, 0.717) is 11.4 Å². The van der Waals surface area contributed by atoms with Crippen LogP contribution in [0.5, 0.6) is 17.2 Å². The molecule has 160 valence electrons. The van der Waals surface area contributed by atoms with Crippen molar-refractivity contribution in [3.63, 3.8) is 0 Å². The number of rotatable bonds is 6. The highest BCUT2D eigenvalue weighted by Gasteiger charge is 2.07. The Balaban J connectivity index is 0.000000826. The molecule has 0 bridgehead atoms. The molecular weight excluding hydrogens is 376 g/mol. The van der Waals surface area contributed by atoms with Crippen LogP contribution in [0.3, 0.4) is 0 Å². The standard InChI is InChI=1S/C20H18N2O3.C3H8.C2H6/c1-14-3-7-17(8-4-14)25-18-9-5-15(6-10-18)20-12-19(24-2)11-16(22-20)13-21-23;1-3-2;1-2/h3-12H,13H2,1-2H3;3H2,1-2H3;1-2H3. The molecule has 3 aromatic rings. The van der Waals surface area contributed by atoms with Crippen LogP contribution in [0.1, 0.15) is 45.4 Å². The van der Waals surface area contributed by atoms with Gasteiger partial charge in [-0.05, 0) is 43.3 Å². The topological polar surface area (TPSA) is 60.8 Å². The Kier molecular flexibility index (Phi) is 11.5. The highest BCUT2D eigenvalue weighted by Crippen LogP contribution is 2.27. The number of aryl methyl sites for hydroxylation is 1. The van der Waals surface area contributed by atoms with Gasteiger partial charge in [0.2, 0.25) is 0 Å². The fraction of sp³-hybridized carbons (Fsp3) is 0.320. The van der Waals surface area contributed by atoms with E-state index >= 15 is 0 Å². The van der Waals surface area contributed by atoms with Gasteiger partial charge in [0.05, 0.1) is 18.5 Å². The number of hydrogen-bond donors (Lipinski definition) is 0. The summed E-state index contributed by atoms with van der Waals surface area (Å²) in [6.45, 7) is 10.3. The second kappa shape index (κ2) is 13.9. The minimum atomic E-state index is 0.0127. The molecule has 0 N–H and O–H groups in total. The molecule has 30 heavy (non-hydrogen) atoms. The normalized spacial score (nSPS) is 9.40. The Hall–Kier alpha value is -3.21. The van der Waals surface area contributed by atoms with Crippen molar-refractivity contribution in [1.29, 1.82) is 0 Å². The molecule has 0 saturated heterocycles. The molecule has 0 aliphatic carbocycles. The third-order valence-electron chi connectivity index (χ3n) is 3.72. The van der Waals surface area contributed by atoms with Gasteiger partial charge in [-0.3, -0.25) is 4.98 Å². The number of nitrogens with zero attached hydrogens (tertiary/aromatic N) is 2. The number of benzene rings is 2. The number of pyridine rings is 1. The van der Waals surface area contributed by atoms with Gasteiger partial charge < -0.3 is 9.47 Å². The Labute approximate surface area is 180 Å². The molecule has 2 aromatic carbocycles. The van der Waals surface area contributed by atoms with Crippen LogP contribution in [0.15, 0.2) is 65.8 Å². The molecule has 0 spiro atoms. The predicted molar refractivity (Wildman–Crippen MR) is 124 cm³/mol. The predicted octanol–water partition coefficient (Wildman–Crippen LogP) is 7.57. The van der Waals surface area contributed by atoms with Crippen molar-refractivity contribution in [2.45, 2.75) is 47.6 Å². The van der Waals surface area contributed by atoms with Gasteiger partial charge in [0.25, 0.3) is 0 Å².